The molecule has 0 fully saturated rings. The van der Waals surface area contributed by atoms with Crippen LogP contribution in [0.3, 0.4) is 0 Å². The fraction of sp³-hybridized carbons (Fsp3) is 0.440. The van der Waals surface area contributed by atoms with Crippen molar-refractivity contribution in [2.45, 2.75) is 40.3 Å². The topological polar surface area (TPSA) is 139 Å². The van der Waals surface area contributed by atoms with Crippen LogP contribution in [0.15, 0.2) is 42.5 Å². The van der Waals surface area contributed by atoms with Gasteiger partial charge in [-0.25, -0.2) is 8.42 Å². The lowest BCUT2D eigenvalue weighted by Gasteiger charge is -2.32. The van der Waals surface area contributed by atoms with Crippen LogP contribution < -0.4 is 14.4 Å². The fourth-order valence-corrected chi connectivity index (χ4v) is 4.44. The molecule has 0 saturated heterocycles. The largest absolute Gasteiger partial charge is 0.497 e. The summed E-state index contributed by atoms with van der Waals surface area (Å²) in [6.07, 6.45) is 0.922. The molecule has 0 unspecified atom stereocenters. The molecule has 1 N–H and O–H groups in total. The van der Waals surface area contributed by atoms with Crippen molar-refractivity contribution in [1.29, 1.82) is 0 Å². The molecular weight excluding hydrogens is 500 g/mol. The van der Waals surface area contributed by atoms with Crippen molar-refractivity contribution in [3.05, 3.63) is 63.7 Å². The van der Waals surface area contributed by atoms with Gasteiger partial charge in [0, 0.05) is 25.2 Å². The predicted molar refractivity (Wildman–Crippen MR) is 141 cm³/mol. The van der Waals surface area contributed by atoms with Gasteiger partial charge in [0.15, 0.2) is 0 Å². The number of methoxy groups -OCH3 is 1. The molecular formula is C25H34N4O7S. The summed E-state index contributed by atoms with van der Waals surface area (Å²) in [5.41, 5.74) is 0.855. The molecule has 0 aliphatic carbocycles. The van der Waals surface area contributed by atoms with Gasteiger partial charge >= 0.3 is 0 Å². The number of rotatable bonds is 12. The first-order valence-corrected chi connectivity index (χ1v) is 13.5. The van der Waals surface area contributed by atoms with Crippen molar-refractivity contribution in [2.24, 2.45) is 5.92 Å². The predicted octanol–water partition coefficient (Wildman–Crippen LogP) is 2.87. The summed E-state index contributed by atoms with van der Waals surface area (Å²) in [5.74, 6) is -0.208. The number of hydrogen-bond donors (Lipinski definition) is 1. The second-order valence-corrected chi connectivity index (χ2v) is 11.1. The van der Waals surface area contributed by atoms with Gasteiger partial charge in [-0.3, -0.25) is 24.0 Å². The second kappa shape index (κ2) is 12.5. The molecule has 2 aromatic rings. The van der Waals surface area contributed by atoms with Crippen LogP contribution in [0.2, 0.25) is 0 Å². The summed E-state index contributed by atoms with van der Waals surface area (Å²) in [6.45, 7) is 6.85. The number of ether oxygens (including phenoxy) is 1. The van der Waals surface area contributed by atoms with E-state index in [9.17, 15) is 28.1 Å². The van der Waals surface area contributed by atoms with Crippen LogP contribution in [0.25, 0.3) is 0 Å². The Hall–Kier alpha value is -3.67. The summed E-state index contributed by atoms with van der Waals surface area (Å²) in [5, 5.41) is 14.1. The van der Waals surface area contributed by atoms with Crippen LogP contribution in [0.1, 0.15) is 31.9 Å². The Labute approximate surface area is 217 Å². The number of nitro groups is 1. The summed E-state index contributed by atoms with van der Waals surface area (Å²) >= 11 is 0. The minimum absolute atomic E-state index is 0.0198. The van der Waals surface area contributed by atoms with Crippen molar-refractivity contribution in [3.8, 4) is 5.75 Å². The lowest BCUT2D eigenvalue weighted by molar-refractivity contribution is -0.384. The van der Waals surface area contributed by atoms with Gasteiger partial charge in [-0.1, -0.05) is 32.0 Å². The minimum atomic E-state index is -4.01. The van der Waals surface area contributed by atoms with E-state index in [1.165, 1.54) is 24.1 Å². The van der Waals surface area contributed by atoms with E-state index in [0.717, 1.165) is 16.6 Å². The molecule has 0 spiro atoms. The van der Waals surface area contributed by atoms with E-state index in [4.69, 9.17) is 4.74 Å². The fourth-order valence-electron chi connectivity index (χ4n) is 3.54. The van der Waals surface area contributed by atoms with Gasteiger partial charge in [-0.05, 0) is 43.0 Å². The molecule has 12 heteroatoms. The van der Waals surface area contributed by atoms with Gasteiger partial charge in [0.1, 0.15) is 18.3 Å². The minimum Gasteiger partial charge on any atom is -0.497 e. The molecule has 0 heterocycles. The number of carbonyl (C=O) groups is 2. The third kappa shape index (κ3) is 8.17. The highest BCUT2D eigenvalue weighted by molar-refractivity contribution is 7.92. The van der Waals surface area contributed by atoms with Gasteiger partial charge in [-0.15, -0.1) is 0 Å². The Morgan fingerprint density at radius 2 is 1.73 bits per heavy atom. The van der Waals surface area contributed by atoms with E-state index in [-0.39, 0.29) is 29.7 Å². The Morgan fingerprint density at radius 3 is 2.24 bits per heavy atom. The molecule has 11 nitrogen and oxygen atoms in total. The van der Waals surface area contributed by atoms with Gasteiger partial charge in [0.2, 0.25) is 21.8 Å². The number of carbonyl (C=O) groups excluding carboxylic acids is 2. The highest BCUT2D eigenvalue weighted by Crippen LogP contribution is 2.28. The standard InChI is InChI=1S/C25H34N4O7S/c1-17(2)14-26-25(31)19(4)27(15-20-8-11-22(36-5)12-9-20)24(30)16-28(37(6,34)35)23-13-21(29(32)33)10-7-18(23)3/h7-13,17,19H,14-16H2,1-6H3,(H,26,31)/t19-/m0/s1. The average Bonchev–Trinajstić information content (AvgIpc) is 2.83. The van der Waals surface area contributed by atoms with Crippen LogP contribution in [0, 0.1) is 23.0 Å². The van der Waals surface area contributed by atoms with Gasteiger partial charge in [-0.2, -0.15) is 0 Å². The molecule has 2 rings (SSSR count). The van der Waals surface area contributed by atoms with Crippen molar-refractivity contribution in [3.63, 3.8) is 0 Å². The highest BCUT2D eigenvalue weighted by atomic mass is 32.2. The van der Waals surface area contributed by atoms with Crippen molar-refractivity contribution in [1.82, 2.24) is 10.2 Å². The number of nitrogens with one attached hydrogen (secondary N) is 1. The first kappa shape index (κ1) is 29.6. The summed E-state index contributed by atoms with van der Waals surface area (Å²) in [7, 11) is -2.49. The van der Waals surface area contributed by atoms with Crippen LogP contribution in [0.4, 0.5) is 11.4 Å². The third-order valence-corrected chi connectivity index (χ3v) is 6.84. The second-order valence-electron chi connectivity index (χ2n) is 9.18. The number of hydrogen-bond acceptors (Lipinski definition) is 7. The number of aryl methyl sites for hydroxylation is 1. The normalized spacial score (nSPS) is 12.1. The van der Waals surface area contributed by atoms with Gasteiger partial charge in [0.05, 0.1) is 24.0 Å². The molecule has 0 aliphatic rings. The molecule has 0 radical (unpaired) electrons. The molecule has 2 aromatic carbocycles. The summed E-state index contributed by atoms with van der Waals surface area (Å²) in [4.78, 5) is 38.4. The van der Waals surface area contributed by atoms with Crippen molar-refractivity contribution < 1.29 is 27.7 Å². The zero-order valence-electron chi connectivity index (χ0n) is 21.9. The number of nitro benzene ring substituents is 1. The van der Waals surface area contributed by atoms with Gasteiger partial charge in [0.25, 0.3) is 5.69 Å². The first-order valence-electron chi connectivity index (χ1n) is 11.7. The van der Waals surface area contributed by atoms with Gasteiger partial charge < -0.3 is 15.0 Å². The maximum absolute atomic E-state index is 13.6. The molecule has 2 amide bonds. The smallest absolute Gasteiger partial charge is 0.271 e. The van der Waals surface area contributed by atoms with E-state index in [1.54, 1.807) is 38.1 Å². The number of amides is 2. The average molecular weight is 535 g/mol. The van der Waals surface area contributed by atoms with E-state index >= 15 is 0 Å². The van der Waals surface area contributed by atoms with E-state index in [0.29, 0.717) is 23.4 Å². The third-order valence-electron chi connectivity index (χ3n) is 5.72. The lowest BCUT2D eigenvalue weighted by Crippen LogP contribution is -2.51. The van der Waals surface area contributed by atoms with Crippen molar-refractivity contribution in [2.75, 3.05) is 30.8 Å². The SMILES string of the molecule is COc1ccc(CN(C(=O)CN(c2cc([N+](=O)[O-])ccc2C)S(C)(=O)=O)[C@@H](C)C(=O)NCC(C)C)cc1. The van der Waals surface area contributed by atoms with Crippen LogP contribution >= 0.6 is 0 Å². The lowest BCUT2D eigenvalue weighted by atomic mass is 10.1. The molecule has 0 aliphatic heterocycles. The molecule has 0 saturated carbocycles. The Balaban J connectivity index is 2.45. The maximum Gasteiger partial charge on any atom is 0.271 e. The molecule has 0 aromatic heterocycles. The number of non-ortho nitro benzene ring substituents is 1. The van der Waals surface area contributed by atoms with E-state index in [1.807, 2.05) is 13.8 Å². The maximum atomic E-state index is 13.6. The quantitative estimate of drug-likeness (QED) is 0.326. The zero-order valence-corrected chi connectivity index (χ0v) is 22.7. The first-order chi connectivity index (χ1) is 17.2. The van der Waals surface area contributed by atoms with Crippen LogP contribution in [-0.4, -0.2) is 62.6 Å². The van der Waals surface area contributed by atoms with Crippen LogP contribution in [-0.2, 0) is 26.2 Å². The van der Waals surface area contributed by atoms with Crippen molar-refractivity contribution >= 4 is 33.2 Å². The number of nitrogens with zero attached hydrogens (tertiary/aromatic N) is 3. The molecule has 0 bridgehead atoms. The summed E-state index contributed by atoms with van der Waals surface area (Å²) in [6, 6.07) is 9.82. The zero-order chi connectivity index (χ0) is 27.9. The Kier molecular flexibility index (Phi) is 10.0. The number of benzene rings is 2. The molecule has 1 atom stereocenters. The Bertz CT molecular complexity index is 1230. The summed E-state index contributed by atoms with van der Waals surface area (Å²) < 4.78 is 31.5. The molecule has 202 valence electrons. The Morgan fingerprint density at radius 1 is 1.11 bits per heavy atom. The van der Waals surface area contributed by atoms with E-state index in [2.05, 4.69) is 5.32 Å². The van der Waals surface area contributed by atoms with Crippen LogP contribution in [0.5, 0.6) is 5.75 Å². The number of anilines is 1. The van der Waals surface area contributed by atoms with E-state index < -0.39 is 33.4 Å². The molecule has 37 heavy (non-hydrogen) atoms. The highest BCUT2D eigenvalue weighted by Gasteiger charge is 2.31. The monoisotopic (exact) mass is 534 g/mol. The number of sulfonamides is 1.